The number of ether oxygens (including phenoxy) is 2. The lowest BCUT2D eigenvalue weighted by Gasteiger charge is -2.42. The van der Waals surface area contributed by atoms with Crippen molar-refractivity contribution in [2.24, 2.45) is 16.9 Å². The third-order valence-electron chi connectivity index (χ3n) is 4.36. The van der Waals surface area contributed by atoms with Gasteiger partial charge in [-0.2, -0.15) is 10.4 Å². The van der Waals surface area contributed by atoms with Crippen LogP contribution in [0.4, 0.5) is 5.69 Å². The van der Waals surface area contributed by atoms with Gasteiger partial charge in [-0.25, -0.2) is 5.01 Å². The van der Waals surface area contributed by atoms with Gasteiger partial charge in [0.1, 0.15) is 23.2 Å². The van der Waals surface area contributed by atoms with Gasteiger partial charge in [0, 0.05) is 5.92 Å². The largest absolute Gasteiger partial charge is 0.494 e. The second-order valence-corrected chi connectivity index (χ2v) is 6.43. The molecule has 2 heterocycles. The molecule has 0 aromatic heterocycles. The number of benzene rings is 1. The van der Waals surface area contributed by atoms with Gasteiger partial charge in [0.15, 0.2) is 0 Å². The Balaban J connectivity index is 2.04. The molecule has 3 rings (SSSR count). The SMILES string of the molecule is COc1ccccc1N1N=C2COC(C)(C)CC2C(C#N)C1=N. The lowest BCUT2D eigenvalue weighted by Crippen LogP contribution is -2.51. The van der Waals surface area contributed by atoms with E-state index in [2.05, 4.69) is 11.2 Å². The Kier molecular flexibility index (Phi) is 3.82. The van der Waals surface area contributed by atoms with Crippen molar-refractivity contribution in [2.45, 2.75) is 25.9 Å². The number of fused-ring (bicyclic) bond motifs is 1. The second kappa shape index (κ2) is 5.67. The Morgan fingerprint density at radius 1 is 1.43 bits per heavy atom. The lowest BCUT2D eigenvalue weighted by atomic mass is 9.77. The zero-order valence-electron chi connectivity index (χ0n) is 13.5. The van der Waals surface area contributed by atoms with Gasteiger partial charge in [-0.15, -0.1) is 0 Å². The van der Waals surface area contributed by atoms with Crippen molar-refractivity contribution in [3.05, 3.63) is 24.3 Å². The van der Waals surface area contributed by atoms with Crippen LogP contribution in [0.3, 0.4) is 0 Å². The standard InChI is InChI=1S/C17H20N4O2/c1-17(2)8-11-12(9-18)16(19)21(20-13(11)10-23-17)14-6-4-5-7-15(14)22-3/h4-7,11-12,19H,8,10H2,1-3H3. The van der Waals surface area contributed by atoms with Gasteiger partial charge in [0.2, 0.25) is 0 Å². The van der Waals surface area contributed by atoms with E-state index in [0.29, 0.717) is 24.5 Å². The van der Waals surface area contributed by atoms with Crippen LogP contribution in [0.2, 0.25) is 0 Å². The minimum Gasteiger partial charge on any atom is -0.494 e. The molecule has 2 aliphatic heterocycles. The highest BCUT2D eigenvalue weighted by atomic mass is 16.5. The van der Waals surface area contributed by atoms with Crippen LogP contribution >= 0.6 is 0 Å². The molecule has 0 radical (unpaired) electrons. The molecule has 1 saturated heterocycles. The van der Waals surface area contributed by atoms with Crippen molar-refractivity contribution in [1.29, 1.82) is 10.7 Å². The summed E-state index contributed by atoms with van der Waals surface area (Å²) in [5.74, 6) is 0.204. The van der Waals surface area contributed by atoms with Crippen molar-refractivity contribution in [3.63, 3.8) is 0 Å². The first kappa shape index (κ1) is 15.5. The molecule has 2 atom stereocenters. The van der Waals surface area contributed by atoms with E-state index in [1.807, 2.05) is 38.1 Å². The highest BCUT2D eigenvalue weighted by Crippen LogP contribution is 2.38. The number of rotatable bonds is 2. The smallest absolute Gasteiger partial charge is 0.144 e. The molecule has 0 bridgehead atoms. The van der Waals surface area contributed by atoms with Crippen molar-refractivity contribution < 1.29 is 9.47 Å². The van der Waals surface area contributed by atoms with E-state index >= 15 is 0 Å². The number of hydrogen-bond acceptors (Lipinski definition) is 5. The first-order valence-corrected chi connectivity index (χ1v) is 7.59. The Labute approximate surface area is 135 Å². The van der Waals surface area contributed by atoms with Crippen molar-refractivity contribution in [3.8, 4) is 11.8 Å². The van der Waals surface area contributed by atoms with Crippen LogP contribution in [0.5, 0.6) is 5.75 Å². The van der Waals surface area contributed by atoms with Crippen LogP contribution in [0.15, 0.2) is 29.4 Å². The van der Waals surface area contributed by atoms with E-state index in [9.17, 15) is 5.26 Å². The maximum absolute atomic E-state index is 9.62. The number of anilines is 1. The average Bonchev–Trinajstić information content (AvgIpc) is 2.54. The number of nitriles is 1. The minimum atomic E-state index is -0.532. The zero-order valence-corrected chi connectivity index (χ0v) is 13.5. The van der Waals surface area contributed by atoms with E-state index < -0.39 is 5.92 Å². The molecule has 0 spiro atoms. The Morgan fingerprint density at radius 2 is 2.17 bits per heavy atom. The molecule has 1 aromatic carbocycles. The molecule has 0 saturated carbocycles. The molecule has 0 amide bonds. The van der Waals surface area contributed by atoms with E-state index in [1.54, 1.807) is 7.11 Å². The van der Waals surface area contributed by atoms with Gasteiger partial charge in [0.25, 0.3) is 0 Å². The molecular formula is C17H20N4O2. The quantitative estimate of drug-likeness (QED) is 0.910. The number of hydrogen-bond donors (Lipinski definition) is 1. The Hall–Kier alpha value is -2.39. The summed E-state index contributed by atoms with van der Waals surface area (Å²) in [7, 11) is 1.58. The molecular weight excluding hydrogens is 292 g/mol. The fourth-order valence-corrected chi connectivity index (χ4v) is 3.14. The van der Waals surface area contributed by atoms with Gasteiger partial charge in [-0.3, -0.25) is 5.41 Å². The molecule has 23 heavy (non-hydrogen) atoms. The highest BCUT2D eigenvalue weighted by Gasteiger charge is 2.44. The van der Waals surface area contributed by atoms with E-state index in [-0.39, 0.29) is 17.4 Å². The molecule has 6 nitrogen and oxygen atoms in total. The number of amidine groups is 1. The first-order valence-electron chi connectivity index (χ1n) is 7.59. The summed E-state index contributed by atoms with van der Waals surface area (Å²) < 4.78 is 11.2. The lowest BCUT2D eigenvalue weighted by molar-refractivity contribution is -0.0278. The first-order chi connectivity index (χ1) is 11.0. The topological polar surface area (TPSA) is 81.7 Å². The number of nitrogens with zero attached hydrogens (tertiary/aromatic N) is 3. The number of para-hydroxylation sites is 2. The Bertz CT molecular complexity index is 705. The number of hydrazone groups is 1. The summed E-state index contributed by atoms with van der Waals surface area (Å²) in [5, 5.41) is 24.2. The monoisotopic (exact) mass is 312 g/mol. The van der Waals surface area contributed by atoms with Crippen LogP contribution in [-0.2, 0) is 4.74 Å². The molecule has 0 aliphatic carbocycles. The fraction of sp³-hybridized carbons (Fsp3) is 0.471. The molecule has 1 N–H and O–H groups in total. The van der Waals surface area contributed by atoms with Crippen LogP contribution in [0.25, 0.3) is 0 Å². The summed E-state index contributed by atoms with van der Waals surface area (Å²) >= 11 is 0. The average molecular weight is 312 g/mol. The van der Waals surface area contributed by atoms with Gasteiger partial charge >= 0.3 is 0 Å². The van der Waals surface area contributed by atoms with Gasteiger partial charge in [0.05, 0.1) is 31.1 Å². The summed E-state index contributed by atoms with van der Waals surface area (Å²) in [6.07, 6.45) is 0.687. The molecule has 6 heteroatoms. The van der Waals surface area contributed by atoms with Crippen molar-refractivity contribution in [2.75, 3.05) is 18.7 Å². The van der Waals surface area contributed by atoms with E-state index in [1.165, 1.54) is 5.01 Å². The normalized spacial score (nSPS) is 26.1. The zero-order chi connectivity index (χ0) is 16.6. The van der Waals surface area contributed by atoms with Crippen LogP contribution in [-0.4, -0.2) is 30.9 Å². The van der Waals surface area contributed by atoms with Crippen LogP contribution in [0, 0.1) is 28.6 Å². The third kappa shape index (κ3) is 2.68. The minimum absolute atomic E-state index is 0.0674. The molecule has 1 aromatic rings. The van der Waals surface area contributed by atoms with E-state index in [4.69, 9.17) is 14.9 Å². The third-order valence-corrected chi connectivity index (χ3v) is 4.36. The maximum atomic E-state index is 9.62. The van der Waals surface area contributed by atoms with Gasteiger partial charge in [-0.05, 0) is 32.4 Å². The van der Waals surface area contributed by atoms with Crippen molar-refractivity contribution in [1.82, 2.24) is 0 Å². The summed E-state index contributed by atoms with van der Waals surface area (Å²) in [4.78, 5) is 0. The Morgan fingerprint density at radius 3 is 2.87 bits per heavy atom. The van der Waals surface area contributed by atoms with Crippen LogP contribution < -0.4 is 9.75 Å². The van der Waals surface area contributed by atoms with E-state index in [0.717, 1.165) is 5.71 Å². The molecule has 2 unspecified atom stereocenters. The second-order valence-electron chi connectivity index (χ2n) is 6.43. The molecule has 2 aliphatic rings. The fourth-order valence-electron chi connectivity index (χ4n) is 3.14. The van der Waals surface area contributed by atoms with Crippen molar-refractivity contribution >= 4 is 17.2 Å². The molecule has 1 fully saturated rings. The number of methoxy groups -OCH3 is 1. The van der Waals surface area contributed by atoms with Gasteiger partial charge in [-0.1, -0.05) is 12.1 Å². The maximum Gasteiger partial charge on any atom is 0.144 e. The highest BCUT2D eigenvalue weighted by molar-refractivity contribution is 6.08. The van der Waals surface area contributed by atoms with Crippen LogP contribution in [0.1, 0.15) is 20.3 Å². The predicted octanol–water partition coefficient (Wildman–Crippen LogP) is 2.80. The predicted molar refractivity (Wildman–Crippen MR) is 87.9 cm³/mol. The summed E-state index contributed by atoms with van der Waals surface area (Å²) in [6, 6.07) is 9.66. The summed E-state index contributed by atoms with van der Waals surface area (Å²) in [6.45, 7) is 4.40. The summed E-state index contributed by atoms with van der Waals surface area (Å²) in [5.41, 5.74) is 1.18. The molecule has 120 valence electrons. The van der Waals surface area contributed by atoms with Gasteiger partial charge < -0.3 is 9.47 Å². The number of nitrogens with one attached hydrogen (secondary N) is 1.